The van der Waals surface area contributed by atoms with Crippen molar-refractivity contribution in [3.8, 4) is 22.3 Å². The molecule has 2 aromatic carbocycles. The Morgan fingerprint density at radius 2 is 1.75 bits per heavy atom. The van der Waals surface area contributed by atoms with Crippen LogP contribution in [0.5, 0.6) is 0 Å². The second kappa shape index (κ2) is 1.98. The van der Waals surface area contributed by atoms with Gasteiger partial charge in [-0.05, 0) is 46.5 Å². The lowest BCUT2D eigenvalue weighted by atomic mass is 9.81. The number of hydrogen-bond donors (Lipinski definition) is 0. The molecule has 12 heavy (non-hydrogen) atoms. The lowest BCUT2D eigenvalue weighted by Crippen LogP contribution is -1.97. The van der Waals surface area contributed by atoms with Crippen molar-refractivity contribution in [2.45, 2.75) is 0 Å². The minimum Gasteiger partial charge on any atom is -0.0616 e. The summed E-state index contributed by atoms with van der Waals surface area (Å²) in [5.41, 5.74) is 5.04. The highest BCUT2D eigenvalue weighted by Crippen LogP contribution is 2.45. The van der Waals surface area contributed by atoms with Crippen molar-refractivity contribution in [3.63, 3.8) is 0 Å². The first kappa shape index (κ1) is 6.01. The molecule has 0 fully saturated rings. The van der Waals surface area contributed by atoms with Crippen LogP contribution >= 0.6 is 0 Å². The summed E-state index contributed by atoms with van der Waals surface area (Å²) in [5, 5.41) is 0. The molecular formula is C12H5. The molecule has 0 saturated heterocycles. The van der Waals surface area contributed by atoms with E-state index in [4.69, 9.17) is 0 Å². The van der Waals surface area contributed by atoms with Gasteiger partial charge in [-0.2, -0.15) is 0 Å². The van der Waals surface area contributed by atoms with Crippen molar-refractivity contribution in [1.82, 2.24) is 0 Å². The highest BCUT2D eigenvalue weighted by Gasteiger charge is 2.20. The summed E-state index contributed by atoms with van der Waals surface area (Å²) in [5.74, 6) is 0. The van der Waals surface area contributed by atoms with Gasteiger partial charge in [0, 0.05) is 0 Å². The largest absolute Gasteiger partial charge is 0.0616 e. The normalized spacial score (nSPS) is 11.3. The van der Waals surface area contributed by atoms with E-state index in [1.807, 2.05) is 12.1 Å². The quantitative estimate of drug-likeness (QED) is 0.461. The average Bonchev–Trinajstić information content (AvgIpc) is 2.14. The second-order valence-corrected chi connectivity index (χ2v) is 2.87. The molecule has 53 valence electrons. The monoisotopic (exact) mass is 149 g/mol. The zero-order chi connectivity index (χ0) is 7.97. The van der Waals surface area contributed by atoms with Crippen LogP contribution in [-0.4, -0.2) is 0 Å². The van der Waals surface area contributed by atoms with E-state index < -0.39 is 0 Å². The molecule has 2 aromatic rings. The highest BCUT2D eigenvalue weighted by atomic mass is 14.2. The summed E-state index contributed by atoms with van der Waals surface area (Å²) in [6.07, 6.45) is 0. The maximum atomic E-state index is 3.06. The van der Waals surface area contributed by atoms with E-state index in [-0.39, 0.29) is 0 Å². The molecule has 3 radical (unpaired) electrons. The van der Waals surface area contributed by atoms with Crippen LogP contribution in [0.15, 0.2) is 30.3 Å². The third-order valence-electron chi connectivity index (χ3n) is 2.23. The van der Waals surface area contributed by atoms with Gasteiger partial charge in [0.15, 0.2) is 0 Å². The molecule has 0 aliphatic heterocycles. The fraction of sp³-hybridized carbons (Fsp3) is 0. The third-order valence-corrected chi connectivity index (χ3v) is 2.23. The topological polar surface area (TPSA) is 0 Å². The van der Waals surface area contributed by atoms with E-state index in [2.05, 4.69) is 36.4 Å². The third kappa shape index (κ3) is 0.578. The van der Waals surface area contributed by atoms with E-state index in [0.29, 0.717) is 0 Å². The maximum Gasteiger partial charge on any atom is -0.0000699 e. The summed E-state index contributed by atoms with van der Waals surface area (Å²) < 4.78 is 0. The molecule has 0 spiro atoms. The number of benzene rings is 2. The summed E-state index contributed by atoms with van der Waals surface area (Å²) in [7, 11) is 0. The Morgan fingerprint density at radius 3 is 2.67 bits per heavy atom. The van der Waals surface area contributed by atoms with Gasteiger partial charge >= 0.3 is 0 Å². The molecule has 0 unspecified atom stereocenters. The Bertz CT molecular complexity index is 341. The fourth-order valence-electron chi connectivity index (χ4n) is 1.64. The van der Waals surface area contributed by atoms with Crippen LogP contribution in [0, 0.1) is 18.2 Å². The lowest BCUT2D eigenvalue weighted by molar-refractivity contribution is 1.50. The summed E-state index contributed by atoms with van der Waals surface area (Å²) in [6.45, 7) is 0. The van der Waals surface area contributed by atoms with Crippen molar-refractivity contribution < 1.29 is 0 Å². The Morgan fingerprint density at radius 1 is 0.917 bits per heavy atom. The van der Waals surface area contributed by atoms with E-state index in [0.717, 1.165) is 0 Å². The molecular weight excluding hydrogens is 144 g/mol. The van der Waals surface area contributed by atoms with E-state index in [9.17, 15) is 0 Å². The van der Waals surface area contributed by atoms with E-state index in [1.54, 1.807) is 0 Å². The minimum absolute atomic E-state index is 1.18. The molecule has 0 nitrogen and oxygen atoms in total. The molecule has 0 amide bonds. The predicted molar refractivity (Wildman–Crippen MR) is 47.4 cm³/mol. The van der Waals surface area contributed by atoms with Crippen molar-refractivity contribution >= 4 is 0 Å². The Kier molecular flexibility index (Phi) is 0.991. The van der Waals surface area contributed by atoms with Crippen LogP contribution in [-0.2, 0) is 0 Å². The molecule has 1 aliphatic carbocycles. The first-order valence-corrected chi connectivity index (χ1v) is 3.90. The van der Waals surface area contributed by atoms with Crippen molar-refractivity contribution in [2.24, 2.45) is 0 Å². The van der Waals surface area contributed by atoms with Crippen LogP contribution in [0.4, 0.5) is 0 Å². The SMILES string of the molecule is [c]1[c]cc2c([c]1)-c1ccccc1-2. The zero-order valence-corrected chi connectivity index (χ0v) is 6.39. The molecule has 0 heteroatoms. The second-order valence-electron chi connectivity index (χ2n) is 2.87. The molecule has 0 saturated carbocycles. The van der Waals surface area contributed by atoms with Crippen LogP contribution < -0.4 is 0 Å². The first-order chi connectivity index (χ1) is 5.97. The van der Waals surface area contributed by atoms with Gasteiger partial charge in [0.2, 0.25) is 0 Å². The molecule has 0 N–H and O–H groups in total. The van der Waals surface area contributed by atoms with Gasteiger partial charge in [-0.15, -0.1) is 0 Å². The fourth-order valence-corrected chi connectivity index (χ4v) is 1.64. The first-order valence-electron chi connectivity index (χ1n) is 3.90. The van der Waals surface area contributed by atoms with Crippen LogP contribution in [0.25, 0.3) is 22.3 Å². The molecule has 0 heterocycles. The van der Waals surface area contributed by atoms with Gasteiger partial charge in [0.25, 0.3) is 0 Å². The highest BCUT2D eigenvalue weighted by molar-refractivity contribution is 6.01. The molecule has 3 rings (SSSR count). The van der Waals surface area contributed by atoms with Gasteiger partial charge in [-0.1, -0.05) is 24.3 Å². The van der Waals surface area contributed by atoms with Crippen LogP contribution in [0.1, 0.15) is 0 Å². The van der Waals surface area contributed by atoms with Crippen molar-refractivity contribution in [1.29, 1.82) is 0 Å². The standard InChI is InChI=1S/C12H5/c1-2-6-10-9(5-1)11-7-3-4-8-12(10)11/h1-2,5-7H. The van der Waals surface area contributed by atoms with Gasteiger partial charge < -0.3 is 0 Å². The molecule has 1 aliphatic rings. The summed E-state index contributed by atoms with van der Waals surface area (Å²) >= 11 is 0. The zero-order valence-electron chi connectivity index (χ0n) is 6.39. The average molecular weight is 149 g/mol. The molecule has 0 bridgehead atoms. The van der Waals surface area contributed by atoms with Gasteiger partial charge in [-0.3, -0.25) is 0 Å². The summed E-state index contributed by atoms with van der Waals surface area (Å²) in [4.78, 5) is 0. The Hall–Kier alpha value is -1.56. The van der Waals surface area contributed by atoms with Gasteiger partial charge in [0.1, 0.15) is 0 Å². The smallest absolute Gasteiger partial charge is 0.0000699 e. The van der Waals surface area contributed by atoms with Crippen molar-refractivity contribution in [3.05, 3.63) is 48.5 Å². The minimum atomic E-state index is 1.18. The molecule has 0 aromatic heterocycles. The summed E-state index contributed by atoms with van der Waals surface area (Å²) in [6, 6.07) is 19.1. The Labute approximate surface area is 71.5 Å². The lowest BCUT2D eigenvalue weighted by Gasteiger charge is -2.22. The number of hydrogen-bond acceptors (Lipinski definition) is 0. The van der Waals surface area contributed by atoms with E-state index >= 15 is 0 Å². The molecule has 0 atom stereocenters. The number of fused-ring (bicyclic) bond motifs is 4. The van der Waals surface area contributed by atoms with Gasteiger partial charge in [0.05, 0.1) is 0 Å². The van der Waals surface area contributed by atoms with E-state index in [1.165, 1.54) is 22.3 Å². The number of rotatable bonds is 0. The maximum absolute atomic E-state index is 3.06. The predicted octanol–water partition coefficient (Wildman–Crippen LogP) is 2.73. The van der Waals surface area contributed by atoms with Crippen LogP contribution in [0.3, 0.4) is 0 Å². The Balaban J connectivity index is 2.34. The van der Waals surface area contributed by atoms with Gasteiger partial charge in [-0.25, -0.2) is 0 Å². The van der Waals surface area contributed by atoms with Crippen molar-refractivity contribution in [2.75, 3.05) is 0 Å². The van der Waals surface area contributed by atoms with Crippen LogP contribution in [0.2, 0.25) is 0 Å².